The van der Waals surface area contributed by atoms with E-state index in [9.17, 15) is 0 Å². The van der Waals surface area contributed by atoms with E-state index in [1.807, 2.05) is 60.7 Å². The van der Waals surface area contributed by atoms with E-state index in [1.165, 1.54) is 27.8 Å². The summed E-state index contributed by atoms with van der Waals surface area (Å²) in [5.74, 6) is 3.71. The normalized spacial score (nSPS) is 13.1. The van der Waals surface area contributed by atoms with Crippen LogP contribution in [0, 0.1) is 0 Å². The topological polar surface area (TPSA) is 47.9 Å². The lowest BCUT2D eigenvalue weighted by atomic mass is 9.64. The molecule has 50 heavy (non-hydrogen) atoms. The predicted molar refractivity (Wildman–Crippen MR) is 199 cm³/mol. The van der Waals surface area contributed by atoms with Gasteiger partial charge in [-0.05, 0) is 45.5 Å². The third-order valence-corrected chi connectivity index (χ3v) is 10.0. The first kappa shape index (κ1) is 28.4. The third-order valence-electron chi connectivity index (χ3n) is 10.0. The van der Waals surface area contributed by atoms with E-state index >= 15 is 0 Å². The largest absolute Gasteiger partial charge is 0.457 e. The molecule has 1 aromatic heterocycles. The Hall–Kier alpha value is -6.65. The minimum atomic E-state index is -0.546. The highest BCUT2D eigenvalue weighted by Gasteiger charge is 2.52. The van der Waals surface area contributed by atoms with Gasteiger partial charge in [0.15, 0.2) is 17.5 Å². The molecule has 0 radical (unpaired) electrons. The highest BCUT2D eigenvalue weighted by atomic mass is 16.5. The number of hydrogen-bond acceptors (Lipinski definition) is 4. The first-order valence-corrected chi connectivity index (χ1v) is 16.9. The summed E-state index contributed by atoms with van der Waals surface area (Å²) in [6.07, 6.45) is 0. The molecular formula is C46H29N3O. The van der Waals surface area contributed by atoms with E-state index in [0.717, 1.165) is 44.9 Å². The first-order valence-electron chi connectivity index (χ1n) is 16.9. The van der Waals surface area contributed by atoms with Crippen molar-refractivity contribution in [1.29, 1.82) is 0 Å². The maximum absolute atomic E-state index is 6.57. The van der Waals surface area contributed by atoms with Gasteiger partial charge < -0.3 is 4.74 Å². The van der Waals surface area contributed by atoms with Crippen LogP contribution in [0.5, 0.6) is 11.5 Å². The molecule has 0 amide bonds. The molecule has 234 valence electrons. The summed E-state index contributed by atoms with van der Waals surface area (Å²) in [4.78, 5) is 14.8. The Balaban J connectivity index is 1.16. The number of ether oxygens (including phenoxy) is 1. The van der Waals surface area contributed by atoms with Gasteiger partial charge in [-0.2, -0.15) is 0 Å². The second kappa shape index (κ2) is 11.2. The summed E-state index contributed by atoms with van der Waals surface area (Å²) in [5, 5.41) is 0. The minimum Gasteiger partial charge on any atom is -0.457 e. The predicted octanol–water partition coefficient (Wildman–Crippen LogP) is 11.0. The second-order valence-electron chi connectivity index (χ2n) is 12.7. The number of benzene rings is 7. The fraction of sp³-hybridized carbons (Fsp3) is 0.0217. The average Bonchev–Trinajstić information content (AvgIpc) is 3.49. The van der Waals surface area contributed by atoms with Crippen LogP contribution in [0.1, 0.15) is 22.3 Å². The van der Waals surface area contributed by atoms with Crippen molar-refractivity contribution in [2.75, 3.05) is 0 Å². The van der Waals surface area contributed by atoms with Crippen LogP contribution >= 0.6 is 0 Å². The Morgan fingerprint density at radius 3 is 1.32 bits per heavy atom. The van der Waals surface area contributed by atoms with E-state index in [0.29, 0.717) is 17.5 Å². The van der Waals surface area contributed by atoms with Crippen LogP contribution in [0.25, 0.3) is 56.4 Å². The molecule has 0 bridgehead atoms. The summed E-state index contributed by atoms with van der Waals surface area (Å²) in [7, 11) is 0. The van der Waals surface area contributed by atoms with Crippen LogP contribution in [0.15, 0.2) is 176 Å². The Bertz CT molecular complexity index is 2460. The number of nitrogens with zero attached hydrogens (tertiary/aromatic N) is 3. The molecule has 0 saturated heterocycles. The van der Waals surface area contributed by atoms with Crippen LogP contribution in [-0.4, -0.2) is 15.0 Å². The van der Waals surface area contributed by atoms with Gasteiger partial charge in [0.1, 0.15) is 11.5 Å². The molecule has 7 aromatic carbocycles. The molecule has 4 nitrogen and oxygen atoms in total. The third kappa shape index (κ3) is 4.22. The van der Waals surface area contributed by atoms with E-state index in [2.05, 4.69) is 115 Å². The van der Waals surface area contributed by atoms with Crippen LogP contribution in [-0.2, 0) is 5.41 Å². The van der Waals surface area contributed by atoms with Gasteiger partial charge >= 0.3 is 0 Å². The van der Waals surface area contributed by atoms with Crippen molar-refractivity contribution < 1.29 is 4.74 Å². The van der Waals surface area contributed by atoms with E-state index < -0.39 is 5.41 Å². The second-order valence-corrected chi connectivity index (χ2v) is 12.7. The molecule has 0 N–H and O–H groups in total. The van der Waals surface area contributed by atoms with Gasteiger partial charge in [-0.1, -0.05) is 164 Å². The van der Waals surface area contributed by atoms with Crippen molar-refractivity contribution in [1.82, 2.24) is 15.0 Å². The van der Waals surface area contributed by atoms with Crippen LogP contribution in [0.4, 0.5) is 0 Å². The molecule has 2 aliphatic rings. The molecule has 0 saturated carbocycles. The van der Waals surface area contributed by atoms with Crippen molar-refractivity contribution >= 4 is 0 Å². The first-order chi connectivity index (χ1) is 24.8. The molecular weight excluding hydrogens is 611 g/mol. The Morgan fingerprint density at radius 2 is 0.740 bits per heavy atom. The molecule has 10 rings (SSSR count). The van der Waals surface area contributed by atoms with Gasteiger partial charge in [0, 0.05) is 27.8 Å². The van der Waals surface area contributed by atoms with Crippen molar-refractivity contribution in [3.05, 3.63) is 198 Å². The van der Waals surface area contributed by atoms with Gasteiger partial charge in [-0.15, -0.1) is 0 Å². The highest BCUT2D eigenvalue weighted by molar-refractivity contribution is 5.94. The lowest BCUT2D eigenvalue weighted by molar-refractivity contribution is 0.436. The van der Waals surface area contributed by atoms with Gasteiger partial charge in [0.2, 0.25) is 0 Å². The summed E-state index contributed by atoms with van der Waals surface area (Å²) in [5.41, 5.74) is 11.9. The lowest BCUT2D eigenvalue weighted by Crippen LogP contribution is -2.32. The molecule has 8 aromatic rings. The van der Waals surface area contributed by atoms with Crippen molar-refractivity contribution in [3.8, 4) is 67.9 Å². The van der Waals surface area contributed by atoms with Gasteiger partial charge in [-0.25, -0.2) is 15.0 Å². The quantitative estimate of drug-likeness (QED) is 0.192. The monoisotopic (exact) mass is 639 g/mol. The molecule has 4 heteroatoms. The highest BCUT2D eigenvalue weighted by Crippen LogP contribution is 2.63. The number of rotatable bonds is 4. The zero-order valence-corrected chi connectivity index (χ0v) is 27.0. The number of aromatic nitrogens is 3. The summed E-state index contributed by atoms with van der Waals surface area (Å²) < 4.78 is 6.57. The number of fused-ring (bicyclic) bond motifs is 9. The Labute approximate surface area is 290 Å². The van der Waals surface area contributed by atoms with Gasteiger partial charge in [0.25, 0.3) is 0 Å². The van der Waals surface area contributed by atoms with Crippen molar-refractivity contribution in [3.63, 3.8) is 0 Å². The molecule has 1 aliphatic carbocycles. The molecule has 1 aliphatic heterocycles. The average molecular weight is 640 g/mol. The fourth-order valence-electron chi connectivity index (χ4n) is 7.89. The van der Waals surface area contributed by atoms with Crippen molar-refractivity contribution in [2.24, 2.45) is 0 Å². The maximum Gasteiger partial charge on any atom is 0.164 e. The van der Waals surface area contributed by atoms with E-state index in [4.69, 9.17) is 19.7 Å². The zero-order chi connectivity index (χ0) is 33.1. The number of hydrogen-bond donors (Lipinski definition) is 0. The lowest BCUT2D eigenvalue weighted by Gasteiger charge is -2.40. The standard InChI is InChI=1S/C46H29N3O/c1-3-14-31(15-4-1)43-47-44(32-16-5-2-6-17-32)49-45(48-43)33-28-26-30(27-29-33)34-19-13-20-36-35-18-7-8-21-37(35)46(42(34)36)38-22-9-11-24-40(38)50-41-25-12-10-23-39(41)46/h1-29H. The van der Waals surface area contributed by atoms with Crippen LogP contribution in [0.3, 0.4) is 0 Å². The molecule has 2 heterocycles. The number of para-hydroxylation sites is 2. The molecule has 1 spiro atoms. The SMILES string of the molecule is c1ccc(-c2nc(-c3ccccc3)nc(-c3ccc(-c4cccc5c4C4(c6ccccc6Oc6ccccc64)c4ccccc4-5)cc3)n2)cc1. The summed E-state index contributed by atoms with van der Waals surface area (Å²) >= 11 is 0. The molecule has 0 unspecified atom stereocenters. The van der Waals surface area contributed by atoms with Crippen LogP contribution in [0.2, 0.25) is 0 Å². The fourth-order valence-corrected chi connectivity index (χ4v) is 7.89. The summed E-state index contributed by atoms with van der Waals surface area (Å²) in [6, 6.07) is 61.4. The van der Waals surface area contributed by atoms with Gasteiger partial charge in [0.05, 0.1) is 5.41 Å². The maximum atomic E-state index is 6.57. The van der Waals surface area contributed by atoms with E-state index in [1.54, 1.807) is 0 Å². The van der Waals surface area contributed by atoms with E-state index in [-0.39, 0.29) is 0 Å². The Morgan fingerprint density at radius 1 is 0.320 bits per heavy atom. The van der Waals surface area contributed by atoms with Crippen LogP contribution < -0.4 is 4.74 Å². The smallest absolute Gasteiger partial charge is 0.164 e. The minimum absolute atomic E-state index is 0.546. The zero-order valence-electron chi connectivity index (χ0n) is 27.0. The summed E-state index contributed by atoms with van der Waals surface area (Å²) in [6.45, 7) is 0. The van der Waals surface area contributed by atoms with Crippen molar-refractivity contribution in [2.45, 2.75) is 5.41 Å². The Kier molecular flexibility index (Phi) is 6.36. The molecule has 0 fully saturated rings. The van der Waals surface area contributed by atoms with Gasteiger partial charge in [-0.3, -0.25) is 0 Å². The molecule has 0 atom stereocenters.